The van der Waals surface area contributed by atoms with Crippen molar-refractivity contribution < 1.29 is 9.47 Å². The molecule has 0 saturated carbocycles. The van der Waals surface area contributed by atoms with Crippen molar-refractivity contribution >= 4 is 34.1 Å². The minimum atomic E-state index is -0.676. The van der Waals surface area contributed by atoms with E-state index in [9.17, 15) is 0 Å². The summed E-state index contributed by atoms with van der Waals surface area (Å²) in [6.07, 6.45) is 2.92. The van der Waals surface area contributed by atoms with Crippen LogP contribution < -0.4 is 19.3 Å². The molecule has 0 spiro atoms. The monoisotopic (exact) mass is 1050 g/mol. The van der Waals surface area contributed by atoms with Gasteiger partial charge in [-0.1, -0.05) is 183 Å². The highest BCUT2D eigenvalue weighted by Crippen LogP contribution is 2.58. The van der Waals surface area contributed by atoms with Gasteiger partial charge in [0.25, 0.3) is 0 Å². The van der Waals surface area contributed by atoms with Gasteiger partial charge in [-0.05, 0) is 215 Å². The predicted molar refractivity (Wildman–Crippen MR) is 339 cm³/mol. The molecule has 1 aliphatic carbocycles. The fourth-order valence-corrected chi connectivity index (χ4v) is 11.9. The predicted octanol–water partition coefficient (Wildman–Crippen LogP) is 20.7. The molecule has 398 valence electrons. The van der Waals surface area contributed by atoms with Crippen LogP contribution in [-0.4, -0.2) is 13.2 Å². The Balaban J connectivity index is 0.922. The van der Waals surface area contributed by atoms with Gasteiger partial charge in [0.15, 0.2) is 0 Å². The van der Waals surface area contributed by atoms with Gasteiger partial charge in [-0.2, -0.15) is 0 Å². The molecule has 81 heavy (non-hydrogen) atoms. The molecule has 1 atom stereocenters. The number of para-hydroxylation sites is 4. The number of unbranched alkanes of at least 4 members (excludes halogenated alkanes) is 1. The van der Waals surface area contributed by atoms with Gasteiger partial charge in [0.2, 0.25) is 0 Å². The maximum absolute atomic E-state index is 6.51. The molecule has 0 bridgehead atoms. The number of hydrogen-bond donors (Lipinski definition) is 0. The molecule has 11 aromatic carbocycles. The summed E-state index contributed by atoms with van der Waals surface area (Å²) in [7, 11) is 0. The third-order valence-corrected chi connectivity index (χ3v) is 16.3. The van der Waals surface area contributed by atoms with E-state index in [0.29, 0.717) is 19.1 Å². The van der Waals surface area contributed by atoms with E-state index in [4.69, 9.17) is 9.47 Å². The Hall–Kier alpha value is -9.38. The lowest BCUT2D eigenvalue weighted by atomic mass is 9.65. The van der Waals surface area contributed by atoms with Gasteiger partial charge in [-0.15, -0.1) is 0 Å². The smallest absolute Gasteiger partial charge is 0.119 e. The topological polar surface area (TPSA) is 24.9 Å². The van der Waals surface area contributed by atoms with Crippen LogP contribution in [0.2, 0.25) is 0 Å². The van der Waals surface area contributed by atoms with Crippen molar-refractivity contribution in [3.8, 4) is 44.9 Å². The van der Waals surface area contributed by atoms with E-state index in [1.54, 1.807) is 0 Å². The Morgan fingerprint density at radius 2 is 0.753 bits per heavy atom. The summed E-state index contributed by atoms with van der Waals surface area (Å²) >= 11 is 0. The molecule has 11 aromatic rings. The molecule has 0 aliphatic heterocycles. The van der Waals surface area contributed by atoms with E-state index in [1.807, 2.05) is 0 Å². The summed E-state index contributed by atoms with van der Waals surface area (Å²) in [5.74, 6) is 2.33. The zero-order valence-electron chi connectivity index (χ0n) is 46.8. The van der Waals surface area contributed by atoms with Crippen molar-refractivity contribution in [2.24, 2.45) is 0 Å². The van der Waals surface area contributed by atoms with Crippen LogP contribution in [0.1, 0.15) is 78.0 Å². The van der Waals surface area contributed by atoms with Crippen molar-refractivity contribution in [1.82, 2.24) is 0 Å². The van der Waals surface area contributed by atoms with E-state index < -0.39 is 5.41 Å². The van der Waals surface area contributed by atoms with Gasteiger partial charge in [0.1, 0.15) is 11.5 Å². The van der Waals surface area contributed by atoms with Crippen LogP contribution in [0, 0.1) is 13.8 Å². The molecule has 0 N–H and O–H groups in total. The van der Waals surface area contributed by atoms with E-state index in [2.05, 4.69) is 310 Å². The van der Waals surface area contributed by atoms with Crippen molar-refractivity contribution in [2.75, 3.05) is 23.0 Å². The molecule has 1 aliphatic rings. The summed E-state index contributed by atoms with van der Waals surface area (Å²) in [5, 5.41) is 0. The summed E-state index contributed by atoms with van der Waals surface area (Å²) < 4.78 is 12.6. The molecular formula is C77H68N2O2. The summed E-state index contributed by atoms with van der Waals surface area (Å²) in [5.41, 5.74) is 21.9. The Kier molecular flexibility index (Phi) is 15.2. The van der Waals surface area contributed by atoms with Crippen LogP contribution in [0.3, 0.4) is 0 Å². The molecule has 0 saturated heterocycles. The van der Waals surface area contributed by atoms with Crippen LogP contribution in [0.4, 0.5) is 34.1 Å². The zero-order valence-corrected chi connectivity index (χ0v) is 46.8. The molecule has 0 aromatic heterocycles. The van der Waals surface area contributed by atoms with Crippen molar-refractivity contribution in [1.29, 1.82) is 0 Å². The summed E-state index contributed by atoms with van der Waals surface area (Å²) in [6, 6.07) is 99.4. The number of nitrogens with zero attached hydrogens (tertiary/aromatic N) is 2. The number of aryl methyl sites for hydroxylation is 2. The van der Waals surface area contributed by atoms with Crippen LogP contribution >= 0.6 is 0 Å². The zero-order chi connectivity index (χ0) is 55.1. The molecule has 4 heteroatoms. The number of hydrogen-bond acceptors (Lipinski definition) is 4. The lowest BCUT2D eigenvalue weighted by Crippen LogP contribution is -2.30. The minimum Gasteiger partial charge on any atom is -0.494 e. The van der Waals surface area contributed by atoms with E-state index in [0.717, 1.165) is 87.1 Å². The van der Waals surface area contributed by atoms with Gasteiger partial charge in [-0.25, -0.2) is 0 Å². The van der Waals surface area contributed by atoms with Gasteiger partial charge < -0.3 is 19.3 Å². The fourth-order valence-electron chi connectivity index (χ4n) is 11.9. The highest BCUT2D eigenvalue weighted by atomic mass is 16.5. The Morgan fingerprint density at radius 1 is 0.370 bits per heavy atom. The van der Waals surface area contributed by atoms with E-state index in [-0.39, 0.29) is 0 Å². The van der Waals surface area contributed by atoms with Crippen LogP contribution in [0.5, 0.6) is 11.5 Å². The Bertz CT molecular complexity index is 3610. The van der Waals surface area contributed by atoms with Gasteiger partial charge in [-0.3, -0.25) is 0 Å². The molecule has 0 radical (unpaired) electrons. The fraction of sp³-hybridized carbons (Fsp3) is 0.143. The first-order valence-corrected chi connectivity index (χ1v) is 28.7. The van der Waals surface area contributed by atoms with Gasteiger partial charge in [0.05, 0.1) is 18.6 Å². The first-order chi connectivity index (χ1) is 39.8. The van der Waals surface area contributed by atoms with Crippen molar-refractivity contribution in [3.63, 3.8) is 0 Å². The minimum absolute atomic E-state index is 0.550. The maximum atomic E-state index is 6.51. The van der Waals surface area contributed by atoms with Crippen molar-refractivity contribution in [2.45, 2.75) is 58.3 Å². The molecule has 1 unspecified atom stereocenters. The largest absolute Gasteiger partial charge is 0.494 e. The highest BCUT2D eigenvalue weighted by molar-refractivity contribution is 5.91. The average Bonchev–Trinajstić information content (AvgIpc) is 2.76. The number of ether oxygens (including phenoxy) is 2. The molecular weight excluding hydrogens is 985 g/mol. The highest BCUT2D eigenvalue weighted by Gasteiger charge is 2.47. The SMILES string of the molecule is CCC(C)c1ccc(OCCCCOc2ccc(C3(c4cc(C)ccc4C)c4cc(-c5ccc(N(c6ccccc6)c6ccccc6)cc5)ccc4-c4ccc(-c5ccc(N(c6ccccc6)c6ccccc6)cc5)cc43)cc2)cc1. The molecule has 4 nitrogen and oxygen atoms in total. The molecule has 12 rings (SSSR count). The van der Waals surface area contributed by atoms with E-state index >= 15 is 0 Å². The summed E-state index contributed by atoms with van der Waals surface area (Å²) in [4.78, 5) is 4.64. The quantitative estimate of drug-likeness (QED) is 0.0754. The third-order valence-electron chi connectivity index (χ3n) is 16.3. The lowest BCUT2D eigenvalue weighted by Gasteiger charge is -2.36. The third kappa shape index (κ3) is 10.7. The molecule has 0 amide bonds. The first kappa shape index (κ1) is 52.3. The van der Waals surface area contributed by atoms with Crippen LogP contribution in [0.25, 0.3) is 33.4 Å². The molecule has 0 heterocycles. The Morgan fingerprint density at radius 3 is 1.16 bits per heavy atom. The standard InChI is InChI=1S/C77H68N2O2/c1-5-56(3)58-34-44-70(45-35-58)80-50-18-19-51-81-71-46-38-63(39-47-71)77(74-52-55(2)28-29-57(74)4)75-53-61(59-30-40-68(41-31-59)78(64-20-10-6-11-21-64)65-22-12-7-13-23-65)36-48-72(75)73-49-37-62(54-76(73)77)60-32-42-69(43-33-60)79(66-24-14-8-15-25-66)67-26-16-9-17-27-67/h6-17,20-49,52-54,56H,5,18-19,50-51H2,1-4H3. The Labute approximate surface area is 479 Å². The van der Waals surface area contributed by atoms with Crippen molar-refractivity contribution in [3.05, 3.63) is 312 Å². The first-order valence-electron chi connectivity index (χ1n) is 28.7. The molecule has 0 fully saturated rings. The van der Waals surface area contributed by atoms with Gasteiger partial charge in [0, 0.05) is 34.1 Å². The number of fused-ring (bicyclic) bond motifs is 3. The number of anilines is 6. The summed E-state index contributed by atoms with van der Waals surface area (Å²) in [6.45, 7) is 10.3. The van der Waals surface area contributed by atoms with Crippen LogP contribution in [0.15, 0.2) is 273 Å². The second-order valence-corrected chi connectivity index (χ2v) is 21.5. The van der Waals surface area contributed by atoms with Gasteiger partial charge >= 0.3 is 0 Å². The number of benzene rings is 11. The second-order valence-electron chi connectivity index (χ2n) is 21.5. The van der Waals surface area contributed by atoms with Crippen LogP contribution in [-0.2, 0) is 5.41 Å². The average molecular weight is 1050 g/mol. The second kappa shape index (κ2) is 23.5. The normalized spacial score (nSPS) is 12.5. The number of rotatable bonds is 19. The van der Waals surface area contributed by atoms with E-state index in [1.165, 1.54) is 50.1 Å². The lowest BCUT2D eigenvalue weighted by molar-refractivity contribution is 0.266. The maximum Gasteiger partial charge on any atom is 0.119 e.